The summed E-state index contributed by atoms with van der Waals surface area (Å²) in [5, 5.41) is 35.1. The molecule has 190 valence electrons. The Labute approximate surface area is 196 Å². The fourth-order valence-electron chi connectivity index (χ4n) is 1.58. The standard InChI is InChI=1S/C12H32O5Si3.2C4H6O2/c1-8-9-15-12(11(14)10-13)18(16-19(2,3)4)17-20(5,6)7;2*1-3(2)4(5)6/h11-14,18H,8-10H2,1-7H3;2*1H2,2H3,(H,5,6). The van der Waals surface area contributed by atoms with Gasteiger partial charge in [0.1, 0.15) is 11.8 Å². The molecule has 0 rings (SSSR count). The van der Waals surface area contributed by atoms with Crippen molar-refractivity contribution in [2.45, 2.75) is 78.3 Å². The lowest BCUT2D eigenvalue weighted by Gasteiger charge is -2.36. The third-order valence-electron chi connectivity index (χ3n) is 3.02. The highest BCUT2D eigenvalue weighted by Gasteiger charge is 2.39. The van der Waals surface area contributed by atoms with Gasteiger partial charge in [0.05, 0.1) is 6.61 Å². The molecule has 0 aromatic heterocycles. The molecule has 0 radical (unpaired) electrons. The molecular weight excluding hydrogens is 468 g/mol. The van der Waals surface area contributed by atoms with Crippen LogP contribution in [0.2, 0.25) is 39.3 Å². The summed E-state index contributed by atoms with van der Waals surface area (Å²) in [7, 11) is -5.80. The van der Waals surface area contributed by atoms with E-state index >= 15 is 0 Å². The number of carbonyl (C=O) groups is 2. The molecule has 0 spiro atoms. The summed E-state index contributed by atoms with van der Waals surface area (Å²) < 4.78 is 18.1. The van der Waals surface area contributed by atoms with Gasteiger partial charge in [-0.05, 0) is 59.6 Å². The zero-order valence-corrected chi connectivity index (χ0v) is 24.3. The Kier molecular flexibility index (Phi) is 19.2. The topological polar surface area (TPSA) is 143 Å². The predicted octanol–water partition coefficient (Wildman–Crippen LogP) is 2.89. The van der Waals surface area contributed by atoms with Gasteiger partial charge in [0.25, 0.3) is 0 Å². The van der Waals surface area contributed by atoms with Crippen molar-refractivity contribution in [1.82, 2.24) is 0 Å². The zero-order valence-electron chi connectivity index (χ0n) is 21.1. The molecule has 0 bridgehead atoms. The molecule has 2 unspecified atom stereocenters. The van der Waals surface area contributed by atoms with Gasteiger partial charge < -0.3 is 33.4 Å². The summed E-state index contributed by atoms with van der Waals surface area (Å²) in [6.45, 7) is 24.0. The van der Waals surface area contributed by atoms with Crippen molar-refractivity contribution in [2.75, 3.05) is 13.2 Å². The molecule has 0 fully saturated rings. The number of aliphatic hydroxyl groups is 2. The van der Waals surface area contributed by atoms with Crippen LogP contribution in [0.4, 0.5) is 0 Å². The van der Waals surface area contributed by atoms with Crippen molar-refractivity contribution < 1.29 is 43.0 Å². The lowest BCUT2D eigenvalue weighted by atomic mass is 10.4. The van der Waals surface area contributed by atoms with E-state index in [2.05, 4.69) is 52.4 Å². The van der Waals surface area contributed by atoms with Gasteiger partial charge in [0, 0.05) is 17.8 Å². The smallest absolute Gasteiger partial charge is 0.333 e. The minimum atomic E-state index is -2.21. The van der Waals surface area contributed by atoms with E-state index in [0.29, 0.717) is 6.61 Å². The first-order valence-electron chi connectivity index (χ1n) is 10.3. The van der Waals surface area contributed by atoms with E-state index in [-0.39, 0.29) is 17.8 Å². The summed E-state index contributed by atoms with van der Waals surface area (Å²) in [5.74, 6) is -1.87. The van der Waals surface area contributed by atoms with E-state index in [0.717, 1.165) is 6.42 Å². The number of aliphatic carboxylic acids is 2. The molecule has 0 aliphatic heterocycles. The first kappa shape index (κ1) is 35.5. The molecule has 0 amide bonds. The number of rotatable bonds is 12. The summed E-state index contributed by atoms with van der Waals surface area (Å²) in [6, 6.07) is 0. The van der Waals surface area contributed by atoms with Crippen LogP contribution >= 0.6 is 0 Å². The van der Waals surface area contributed by atoms with Crippen LogP contribution in [0.1, 0.15) is 27.2 Å². The van der Waals surface area contributed by atoms with Gasteiger partial charge in [-0.2, -0.15) is 0 Å². The van der Waals surface area contributed by atoms with Crippen molar-refractivity contribution in [2.24, 2.45) is 0 Å². The predicted molar refractivity (Wildman–Crippen MR) is 134 cm³/mol. The Morgan fingerprint density at radius 2 is 1.22 bits per heavy atom. The minimum absolute atomic E-state index is 0.176. The molecule has 0 saturated carbocycles. The van der Waals surface area contributed by atoms with E-state index in [4.69, 9.17) is 23.2 Å². The second-order valence-electron chi connectivity index (χ2n) is 9.09. The third kappa shape index (κ3) is 23.5. The van der Waals surface area contributed by atoms with Crippen LogP contribution in [0.5, 0.6) is 0 Å². The van der Waals surface area contributed by atoms with Crippen LogP contribution in [0, 0.1) is 0 Å². The summed E-state index contributed by atoms with van der Waals surface area (Å²) >= 11 is 0. The summed E-state index contributed by atoms with van der Waals surface area (Å²) in [6.07, 6.45) is -0.0822. The normalized spacial score (nSPS) is 13.1. The Hall–Kier alpha value is -1.13. The molecule has 0 aromatic carbocycles. The average Bonchev–Trinajstić information content (AvgIpc) is 2.59. The second-order valence-corrected chi connectivity index (χ2v) is 20.8. The molecule has 0 aromatic rings. The zero-order chi connectivity index (χ0) is 26.3. The third-order valence-corrected chi connectivity index (χ3v) is 11.7. The largest absolute Gasteiger partial charge is 0.478 e. The van der Waals surface area contributed by atoms with Crippen molar-refractivity contribution in [1.29, 1.82) is 0 Å². The van der Waals surface area contributed by atoms with Crippen molar-refractivity contribution in [3.63, 3.8) is 0 Å². The van der Waals surface area contributed by atoms with Gasteiger partial charge in [-0.3, -0.25) is 0 Å². The molecule has 0 aliphatic rings. The SMILES string of the molecule is C=C(C)C(=O)O.C=C(C)C(=O)O.CCCOC(C(O)CO)[SiH](O[Si](C)(C)C)O[Si](C)(C)C. The Morgan fingerprint density at radius 3 is 1.41 bits per heavy atom. The number of carboxylic acid groups (broad SMARTS) is 2. The Balaban J connectivity index is -0.000000571. The lowest BCUT2D eigenvalue weighted by molar-refractivity contribution is -0.133. The molecular formula is C20H44O9Si3. The highest BCUT2D eigenvalue weighted by atomic mass is 28.4. The Bertz CT molecular complexity index is 520. The molecule has 12 heteroatoms. The van der Waals surface area contributed by atoms with Crippen LogP contribution in [-0.2, 0) is 22.6 Å². The highest BCUT2D eigenvalue weighted by molar-refractivity contribution is 6.81. The van der Waals surface area contributed by atoms with Crippen LogP contribution in [-0.4, -0.2) is 83.3 Å². The average molecular weight is 513 g/mol. The van der Waals surface area contributed by atoms with Crippen molar-refractivity contribution >= 4 is 37.9 Å². The first-order valence-corrected chi connectivity index (χ1v) is 18.7. The second kappa shape index (κ2) is 17.4. The Morgan fingerprint density at radius 1 is 0.906 bits per heavy atom. The van der Waals surface area contributed by atoms with Crippen molar-refractivity contribution in [3.05, 3.63) is 24.3 Å². The lowest BCUT2D eigenvalue weighted by Crippen LogP contribution is -2.55. The maximum Gasteiger partial charge on any atom is 0.333 e. The van der Waals surface area contributed by atoms with Crippen LogP contribution < -0.4 is 0 Å². The quantitative estimate of drug-likeness (QED) is 0.229. The maximum atomic E-state index is 10.0. The van der Waals surface area contributed by atoms with Gasteiger partial charge in [-0.25, -0.2) is 9.59 Å². The molecule has 32 heavy (non-hydrogen) atoms. The fraction of sp³-hybridized carbons (Fsp3) is 0.700. The van der Waals surface area contributed by atoms with Crippen molar-refractivity contribution in [3.8, 4) is 0 Å². The summed E-state index contributed by atoms with van der Waals surface area (Å²) in [4.78, 5) is 19.2. The molecule has 0 aliphatic carbocycles. The minimum Gasteiger partial charge on any atom is -0.478 e. The van der Waals surface area contributed by atoms with E-state index < -0.39 is 49.7 Å². The van der Waals surface area contributed by atoms with Crippen LogP contribution in [0.3, 0.4) is 0 Å². The van der Waals surface area contributed by atoms with E-state index in [1.807, 2.05) is 6.92 Å². The number of aliphatic hydroxyl groups excluding tert-OH is 2. The van der Waals surface area contributed by atoms with Gasteiger partial charge >= 0.3 is 21.2 Å². The molecule has 0 saturated heterocycles. The van der Waals surface area contributed by atoms with Crippen LogP contribution in [0.15, 0.2) is 24.3 Å². The first-order chi connectivity index (χ1) is 14.3. The maximum absolute atomic E-state index is 10.0. The van der Waals surface area contributed by atoms with E-state index in [9.17, 15) is 19.8 Å². The number of hydrogen-bond donors (Lipinski definition) is 4. The molecule has 4 N–H and O–H groups in total. The van der Waals surface area contributed by atoms with E-state index in [1.54, 1.807) is 0 Å². The van der Waals surface area contributed by atoms with Gasteiger partial charge in [-0.15, -0.1) is 0 Å². The molecule has 9 nitrogen and oxygen atoms in total. The number of carboxylic acids is 2. The highest BCUT2D eigenvalue weighted by Crippen LogP contribution is 2.18. The molecule has 0 heterocycles. The number of ether oxygens (including phenoxy) is 1. The van der Waals surface area contributed by atoms with Gasteiger partial charge in [-0.1, -0.05) is 20.1 Å². The van der Waals surface area contributed by atoms with Crippen LogP contribution in [0.25, 0.3) is 0 Å². The van der Waals surface area contributed by atoms with Gasteiger partial charge in [0.15, 0.2) is 16.6 Å². The summed E-state index contributed by atoms with van der Waals surface area (Å²) in [5.41, 5.74) is -0.164. The van der Waals surface area contributed by atoms with Gasteiger partial charge in [0.2, 0.25) is 0 Å². The monoisotopic (exact) mass is 512 g/mol. The van der Waals surface area contributed by atoms with E-state index in [1.165, 1.54) is 13.8 Å². The fourth-order valence-corrected chi connectivity index (χ4v) is 9.64. The number of hydrogen-bond acceptors (Lipinski definition) is 7. The molecule has 2 atom stereocenters.